The van der Waals surface area contributed by atoms with Crippen LogP contribution in [0.15, 0.2) is 0 Å². The highest BCUT2D eigenvalue weighted by Gasteiger charge is 2.32. The van der Waals surface area contributed by atoms with Gasteiger partial charge in [-0.2, -0.15) is 0 Å². The van der Waals surface area contributed by atoms with E-state index in [9.17, 15) is 0 Å². The van der Waals surface area contributed by atoms with Gasteiger partial charge in [0.2, 0.25) is 0 Å². The van der Waals surface area contributed by atoms with Gasteiger partial charge in [0.05, 0.1) is 0 Å². The van der Waals surface area contributed by atoms with Crippen molar-refractivity contribution in [3.63, 3.8) is 0 Å². The number of likely N-dealkylation sites (tertiary alicyclic amines) is 2. The van der Waals surface area contributed by atoms with Gasteiger partial charge < -0.3 is 4.90 Å². The number of piperazine rings is 1. The molecule has 0 aromatic rings. The van der Waals surface area contributed by atoms with E-state index < -0.39 is 0 Å². The summed E-state index contributed by atoms with van der Waals surface area (Å²) < 4.78 is 0. The fourth-order valence-corrected chi connectivity index (χ4v) is 4.83. The van der Waals surface area contributed by atoms with Gasteiger partial charge in [-0.15, -0.1) is 0 Å². The molecule has 3 aliphatic rings. The van der Waals surface area contributed by atoms with Crippen LogP contribution in [-0.2, 0) is 0 Å². The molecule has 3 heterocycles. The Morgan fingerprint density at radius 3 is 2.09 bits per heavy atom. The van der Waals surface area contributed by atoms with Gasteiger partial charge in [0.25, 0.3) is 0 Å². The number of nitrogens with zero attached hydrogens (tertiary/aromatic N) is 4. The van der Waals surface area contributed by atoms with Crippen molar-refractivity contribution in [1.82, 2.24) is 19.6 Å². The Bertz CT molecular complexity index is 343. The first-order chi connectivity index (χ1) is 11.2. The first kappa shape index (κ1) is 17.7. The van der Waals surface area contributed by atoms with Gasteiger partial charge in [-0.1, -0.05) is 6.92 Å². The summed E-state index contributed by atoms with van der Waals surface area (Å²) in [6.45, 7) is 18.6. The fraction of sp³-hybridized carbons (Fsp3) is 1.00. The van der Waals surface area contributed by atoms with E-state index in [0.717, 1.165) is 12.1 Å². The van der Waals surface area contributed by atoms with E-state index in [1.807, 2.05) is 0 Å². The largest absolute Gasteiger partial charge is 0.303 e. The van der Waals surface area contributed by atoms with Crippen molar-refractivity contribution in [2.24, 2.45) is 0 Å². The molecule has 0 saturated carbocycles. The summed E-state index contributed by atoms with van der Waals surface area (Å²) >= 11 is 0. The lowest BCUT2D eigenvalue weighted by molar-refractivity contribution is 0.0182. The Kier molecular flexibility index (Phi) is 6.36. The van der Waals surface area contributed by atoms with E-state index in [1.54, 1.807) is 0 Å². The summed E-state index contributed by atoms with van der Waals surface area (Å²) in [5, 5.41) is 0. The predicted molar refractivity (Wildman–Crippen MR) is 98.0 cm³/mol. The van der Waals surface area contributed by atoms with Crippen LogP contribution in [-0.4, -0.2) is 96.6 Å². The van der Waals surface area contributed by atoms with Crippen molar-refractivity contribution in [2.75, 3.05) is 58.9 Å². The summed E-state index contributed by atoms with van der Waals surface area (Å²) in [6.07, 6.45) is 5.61. The molecule has 4 nitrogen and oxygen atoms in total. The molecule has 0 N–H and O–H groups in total. The van der Waals surface area contributed by atoms with Gasteiger partial charge in [-0.05, 0) is 65.7 Å². The maximum absolute atomic E-state index is 2.84. The highest BCUT2D eigenvalue weighted by atomic mass is 15.3. The molecule has 3 fully saturated rings. The zero-order chi connectivity index (χ0) is 16.2. The van der Waals surface area contributed by atoms with Crippen LogP contribution >= 0.6 is 0 Å². The Morgan fingerprint density at radius 1 is 0.783 bits per heavy atom. The normalized spacial score (nSPS) is 31.0. The third-order valence-corrected chi connectivity index (χ3v) is 6.54. The van der Waals surface area contributed by atoms with Gasteiger partial charge in [0.1, 0.15) is 0 Å². The Hall–Kier alpha value is -0.160. The second-order valence-corrected chi connectivity index (χ2v) is 8.12. The zero-order valence-corrected chi connectivity index (χ0v) is 15.7. The van der Waals surface area contributed by atoms with Crippen LogP contribution in [0.1, 0.15) is 46.5 Å². The minimum absolute atomic E-state index is 0.712. The maximum Gasteiger partial charge on any atom is 0.0224 e. The monoisotopic (exact) mass is 322 g/mol. The van der Waals surface area contributed by atoms with Crippen LogP contribution < -0.4 is 0 Å². The molecule has 3 rings (SSSR count). The standard InChI is InChI=1S/C19H38N4/c1-4-20-10-7-18(8-11-20)23-9-5-6-19(16-23)22-14-12-21(13-15-22)17(2)3/h17-19H,4-16H2,1-3H3. The summed E-state index contributed by atoms with van der Waals surface area (Å²) in [7, 11) is 0. The van der Waals surface area contributed by atoms with Crippen molar-refractivity contribution in [1.29, 1.82) is 0 Å². The average Bonchev–Trinajstić information content (AvgIpc) is 2.62. The lowest BCUT2D eigenvalue weighted by Crippen LogP contribution is -2.58. The first-order valence-electron chi connectivity index (χ1n) is 10.1. The lowest BCUT2D eigenvalue weighted by atomic mass is 9.97. The molecule has 4 heteroatoms. The Morgan fingerprint density at radius 2 is 1.48 bits per heavy atom. The van der Waals surface area contributed by atoms with Crippen LogP contribution in [0.5, 0.6) is 0 Å². The number of hydrogen-bond donors (Lipinski definition) is 0. The van der Waals surface area contributed by atoms with Crippen LogP contribution in [0.4, 0.5) is 0 Å². The summed E-state index contributed by atoms with van der Waals surface area (Å²) in [4.78, 5) is 10.9. The average molecular weight is 323 g/mol. The molecule has 3 aliphatic heterocycles. The van der Waals surface area contributed by atoms with Gasteiger partial charge >= 0.3 is 0 Å². The van der Waals surface area contributed by atoms with Crippen LogP contribution in [0.3, 0.4) is 0 Å². The Balaban J connectivity index is 1.47. The third-order valence-electron chi connectivity index (χ3n) is 6.54. The minimum Gasteiger partial charge on any atom is -0.303 e. The van der Waals surface area contributed by atoms with Crippen molar-refractivity contribution in [3.8, 4) is 0 Å². The van der Waals surface area contributed by atoms with E-state index in [2.05, 4.69) is 40.4 Å². The van der Waals surface area contributed by atoms with Crippen molar-refractivity contribution in [2.45, 2.75) is 64.6 Å². The smallest absolute Gasteiger partial charge is 0.0224 e. The second kappa shape index (κ2) is 8.28. The molecule has 0 aromatic carbocycles. The topological polar surface area (TPSA) is 13.0 Å². The van der Waals surface area contributed by atoms with E-state index in [0.29, 0.717) is 6.04 Å². The first-order valence-corrected chi connectivity index (χ1v) is 10.1. The predicted octanol–water partition coefficient (Wildman–Crippen LogP) is 1.96. The number of rotatable bonds is 4. The zero-order valence-electron chi connectivity index (χ0n) is 15.7. The molecule has 0 spiro atoms. The highest BCUT2D eigenvalue weighted by molar-refractivity contribution is 4.89. The van der Waals surface area contributed by atoms with E-state index in [4.69, 9.17) is 0 Å². The van der Waals surface area contributed by atoms with Crippen molar-refractivity contribution >= 4 is 0 Å². The number of piperidine rings is 2. The SMILES string of the molecule is CCN1CCC(N2CCCC(N3CCN(C(C)C)CC3)C2)CC1. The van der Waals surface area contributed by atoms with Crippen LogP contribution in [0, 0.1) is 0 Å². The van der Waals surface area contributed by atoms with Crippen LogP contribution in [0.2, 0.25) is 0 Å². The highest BCUT2D eigenvalue weighted by Crippen LogP contribution is 2.24. The quantitative estimate of drug-likeness (QED) is 0.784. The van der Waals surface area contributed by atoms with Gasteiger partial charge in [-0.25, -0.2) is 0 Å². The molecule has 1 atom stereocenters. The molecule has 0 amide bonds. The molecule has 0 aromatic heterocycles. The molecule has 1 unspecified atom stereocenters. The van der Waals surface area contributed by atoms with E-state index in [-0.39, 0.29) is 0 Å². The van der Waals surface area contributed by atoms with Crippen molar-refractivity contribution < 1.29 is 0 Å². The summed E-state index contributed by atoms with van der Waals surface area (Å²) in [5.74, 6) is 0. The number of hydrogen-bond acceptors (Lipinski definition) is 4. The van der Waals surface area contributed by atoms with Crippen LogP contribution in [0.25, 0.3) is 0 Å². The molecule has 134 valence electrons. The van der Waals surface area contributed by atoms with E-state index in [1.165, 1.54) is 84.6 Å². The van der Waals surface area contributed by atoms with Gasteiger partial charge in [0, 0.05) is 50.8 Å². The maximum atomic E-state index is 2.84. The van der Waals surface area contributed by atoms with Gasteiger partial charge in [0.15, 0.2) is 0 Å². The molecular formula is C19H38N4. The lowest BCUT2D eigenvalue weighted by Gasteiger charge is -2.47. The summed E-state index contributed by atoms with van der Waals surface area (Å²) in [5.41, 5.74) is 0. The molecular weight excluding hydrogens is 284 g/mol. The molecule has 23 heavy (non-hydrogen) atoms. The molecule has 0 aliphatic carbocycles. The molecule has 0 radical (unpaired) electrons. The van der Waals surface area contributed by atoms with E-state index >= 15 is 0 Å². The minimum atomic E-state index is 0.712. The summed E-state index contributed by atoms with van der Waals surface area (Å²) in [6, 6.07) is 2.39. The fourth-order valence-electron chi connectivity index (χ4n) is 4.83. The second-order valence-electron chi connectivity index (χ2n) is 8.12. The molecule has 0 bridgehead atoms. The van der Waals surface area contributed by atoms with Gasteiger partial charge in [-0.3, -0.25) is 14.7 Å². The van der Waals surface area contributed by atoms with Crippen molar-refractivity contribution in [3.05, 3.63) is 0 Å². The molecule has 3 saturated heterocycles. The Labute approximate surface area is 143 Å². The third kappa shape index (κ3) is 4.47.